The number of Topliss-reactive ketones (excluding diaryl/α,β-unsaturated/α-hetero) is 1. The van der Waals surface area contributed by atoms with Crippen LogP contribution in [-0.2, 0) is 21.1 Å². The van der Waals surface area contributed by atoms with Crippen molar-refractivity contribution in [3.8, 4) is 0 Å². The van der Waals surface area contributed by atoms with Gasteiger partial charge < -0.3 is 0 Å². The fourth-order valence-corrected chi connectivity index (χ4v) is 2.67. The van der Waals surface area contributed by atoms with E-state index in [1.165, 1.54) is 0 Å². The summed E-state index contributed by atoms with van der Waals surface area (Å²) >= 11 is 0. The maximum Gasteiger partial charge on any atom is 0.178 e. The fraction of sp³-hybridized carbons (Fsp3) is 0.533. The lowest BCUT2D eigenvalue weighted by Crippen LogP contribution is -2.07. The molecule has 0 amide bonds. The molecule has 3 nitrogen and oxygen atoms in total. The molecule has 1 aromatic carbocycles. The number of sulfone groups is 1. The van der Waals surface area contributed by atoms with Crippen LogP contribution in [-0.4, -0.2) is 20.0 Å². The van der Waals surface area contributed by atoms with Gasteiger partial charge in [0.15, 0.2) is 9.84 Å². The third-order valence-corrected chi connectivity index (χ3v) is 4.95. The predicted molar refractivity (Wildman–Crippen MR) is 77.0 cm³/mol. The van der Waals surface area contributed by atoms with Crippen LogP contribution < -0.4 is 0 Å². The quantitative estimate of drug-likeness (QED) is 0.772. The van der Waals surface area contributed by atoms with E-state index in [0.717, 1.165) is 18.4 Å². The number of ketones is 1. The molecular weight excluding hydrogens is 260 g/mol. The summed E-state index contributed by atoms with van der Waals surface area (Å²) in [6, 6.07) is 6.97. The molecule has 0 N–H and O–H groups in total. The molecule has 0 aromatic heterocycles. The molecule has 0 aliphatic heterocycles. The Balaban J connectivity index is 2.56. The Morgan fingerprint density at radius 3 is 2.21 bits per heavy atom. The lowest BCUT2D eigenvalue weighted by Gasteiger charge is -2.05. The summed E-state index contributed by atoms with van der Waals surface area (Å²) in [4.78, 5) is 11.9. The van der Waals surface area contributed by atoms with Crippen molar-refractivity contribution in [2.24, 2.45) is 5.92 Å². The number of hydrogen-bond donors (Lipinski definition) is 0. The molecule has 4 heteroatoms. The second kappa shape index (κ2) is 6.85. The number of benzene rings is 1. The summed E-state index contributed by atoms with van der Waals surface area (Å²) in [5.41, 5.74) is 1.08. The molecule has 0 aliphatic rings. The van der Waals surface area contributed by atoms with Gasteiger partial charge in [-0.15, -0.1) is 0 Å². The molecule has 0 aliphatic carbocycles. The van der Waals surface area contributed by atoms with E-state index in [1.807, 2.05) is 26.0 Å². The zero-order valence-corrected chi connectivity index (χ0v) is 12.7. The molecule has 19 heavy (non-hydrogen) atoms. The van der Waals surface area contributed by atoms with E-state index in [0.29, 0.717) is 11.3 Å². The molecule has 0 atom stereocenters. The van der Waals surface area contributed by atoms with Gasteiger partial charge in [0.05, 0.1) is 10.6 Å². The van der Waals surface area contributed by atoms with Crippen molar-refractivity contribution < 1.29 is 13.2 Å². The molecule has 1 aromatic rings. The highest BCUT2D eigenvalue weighted by molar-refractivity contribution is 7.91. The minimum Gasteiger partial charge on any atom is -0.299 e. The first-order valence-electron chi connectivity index (χ1n) is 6.71. The SMILES string of the molecule is CCS(=O)(=O)c1ccc(CCCC(=O)C(C)C)cc1. The average Bonchev–Trinajstić information content (AvgIpc) is 2.39. The van der Waals surface area contributed by atoms with Gasteiger partial charge in [-0.05, 0) is 30.5 Å². The number of hydrogen-bond acceptors (Lipinski definition) is 3. The molecule has 0 bridgehead atoms. The van der Waals surface area contributed by atoms with Gasteiger partial charge in [0.1, 0.15) is 5.78 Å². The van der Waals surface area contributed by atoms with Gasteiger partial charge in [-0.3, -0.25) is 4.79 Å². The standard InChI is InChI=1S/C15H22O3S/c1-4-19(17,18)14-10-8-13(9-11-14)6-5-7-15(16)12(2)3/h8-12H,4-7H2,1-3H3. The largest absolute Gasteiger partial charge is 0.299 e. The minimum absolute atomic E-state index is 0.0945. The van der Waals surface area contributed by atoms with Crippen LogP contribution in [0.15, 0.2) is 29.2 Å². The number of carbonyl (C=O) groups is 1. The summed E-state index contributed by atoms with van der Waals surface area (Å²) in [6.07, 6.45) is 2.22. The molecule has 0 unspecified atom stereocenters. The van der Waals surface area contributed by atoms with E-state index in [1.54, 1.807) is 19.1 Å². The van der Waals surface area contributed by atoms with E-state index in [2.05, 4.69) is 0 Å². The molecule has 0 saturated carbocycles. The molecule has 106 valence electrons. The van der Waals surface area contributed by atoms with Gasteiger partial charge in [0.25, 0.3) is 0 Å². The Morgan fingerprint density at radius 1 is 1.16 bits per heavy atom. The van der Waals surface area contributed by atoms with Crippen molar-refractivity contribution in [3.05, 3.63) is 29.8 Å². The van der Waals surface area contributed by atoms with Crippen molar-refractivity contribution in [2.45, 2.75) is 44.9 Å². The predicted octanol–water partition coefficient (Wildman–Crippen LogP) is 3.03. The van der Waals surface area contributed by atoms with Crippen LogP contribution in [0.2, 0.25) is 0 Å². The minimum atomic E-state index is -3.11. The third kappa shape index (κ3) is 4.78. The summed E-state index contributed by atoms with van der Waals surface area (Å²) in [6.45, 7) is 5.46. The Kier molecular flexibility index (Phi) is 5.73. The smallest absolute Gasteiger partial charge is 0.178 e. The van der Waals surface area contributed by atoms with E-state index in [9.17, 15) is 13.2 Å². The average molecular weight is 282 g/mol. The molecule has 1 rings (SSSR count). The van der Waals surface area contributed by atoms with E-state index >= 15 is 0 Å². The number of carbonyl (C=O) groups excluding carboxylic acids is 1. The van der Waals surface area contributed by atoms with E-state index in [-0.39, 0.29) is 17.5 Å². The maximum atomic E-state index is 11.6. The van der Waals surface area contributed by atoms with E-state index in [4.69, 9.17) is 0 Å². The lowest BCUT2D eigenvalue weighted by atomic mass is 10.0. The Morgan fingerprint density at radius 2 is 1.74 bits per heavy atom. The number of rotatable bonds is 7. The second-order valence-corrected chi connectivity index (χ2v) is 7.30. The fourth-order valence-electron chi connectivity index (χ4n) is 1.79. The first kappa shape index (κ1) is 15.9. The van der Waals surface area contributed by atoms with E-state index < -0.39 is 9.84 Å². The highest BCUT2D eigenvalue weighted by Gasteiger charge is 2.11. The summed E-state index contributed by atoms with van der Waals surface area (Å²) in [7, 11) is -3.11. The Labute approximate surface area is 116 Å². The second-order valence-electron chi connectivity index (χ2n) is 5.02. The van der Waals surface area contributed by atoms with Crippen LogP contribution in [0, 0.1) is 5.92 Å². The summed E-state index contributed by atoms with van der Waals surface area (Å²) in [5, 5.41) is 0. The molecule has 0 fully saturated rings. The van der Waals surface area contributed by atoms with Crippen LogP contribution in [0.3, 0.4) is 0 Å². The van der Waals surface area contributed by atoms with Crippen LogP contribution in [0.1, 0.15) is 39.2 Å². The highest BCUT2D eigenvalue weighted by Crippen LogP contribution is 2.14. The lowest BCUT2D eigenvalue weighted by molar-refractivity contribution is -0.121. The zero-order chi connectivity index (χ0) is 14.5. The monoisotopic (exact) mass is 282 g/mol. The van der Waals surface area contributed by atoms with Crippen molar-refractivity contribution in [3.63, 3.8) is 0 Å². The Bertz CT molecular complexity index is 513. The Hall–Kier alpha value is -1.16. The van der Waals surface area contributed by atoms with Gasteiger partial charge in [0.2, 0.25) is 0 Å². The van der Waals surface area contributed by atoms with Gasteiger partial charge in [-0.1, -0.05) is 32.9 Å². The number of aryl methyl sites for hydroxylation is 1. The molecule has 0 spiro atoms. The molecule has 0 saturated heterocycles. The van der Waals surface area contributed by atoms with Crippen molar-refractivity contribution in [2.75, 3.05) is 5.75 Å². The highest BCUT2D eigenvalue weighted by atomic mass is 32.2. The van der Waals surface area contributed by atoms with Crippen LogP contribution in [0.25, 0.3) is 0 Å². The maximum absolute atomic E-state index is 11.6. The first-order valence-corrected chi connectivity index (χ1v) is 8.36. The molecule has 0 radical (unpaired) electrons. The van der Waals surface area contributed by atoms with Gasteiger partial charge in [0, 0.05) is 12.3 Å². The van der Waals surface area contributed by atoms with Gasteiger partial charge in [-0.25, -0.2) is 8.42 Å². The third-order valence-electron chi connectivity index (χ3n) is 3.20. The molecular formula is C15H22O3S. The van der Waals surface area contributed by atoms with Gasteiger partial charge in [-0.2, -0.15) is 0 Å². The van der Waals surface area contributed by atoms with Crippen LogP contribution >= 0.6 is 0 Å². The normalized spacial score (nSPS) is 11.8. The van der Waals surface area contributed by atoms with Gasteiger partial charge >= 0.3 is 0 Å². The van der Waals surface area contributed by atoms with Crippen molar-refractivity contribution in [1.82, 2.24) is 0 Å². The zero-order valence-electron chi connectivity index (χ0n) is 11.8. The van der Waals surface area contributed by atoms with Crippen molar-refractivity contribution in [1.29, 1.82) is 0 Å². The van der Waals surface area contributed by atoms with Crippen LogP contribution in [0.5, 0.6) is 0 Å². The first-order chi connectivity index (χ1) is 8.86. The van der Waals surface area contributed by atoms with Crippen LogP contribution in [0.4, 0.5) is 0 Å². The summed E-state index contributed by atoms with van der Waals surface area (Å²) in [5.74, 6) is 0.497. The summed E-state index contributed by atoms with van der Waals surface area (Å²) < 4.78 is 23.3. The topological polar surface area (TPSA) is 51.2 Å². The van der Waals surface area contributed by atoms with Crippen molar-refractivity contribution >= 4 is 15.6 Å². The molecule has 0 heterocycles.